The first kappa shape index (κ1) is 20.7. The molecule has 4 heterocycles. The van der Waals surface area contributed by atoms with Gasteiger partial charge in [-0.2, -0.15) is 10.4 Å². The van der Waals surface area contributed by atoms with Crippen LogP contribution in [-0.4, -0.2) is 52.3 Å². The average Bonchev–Trinajstić information content (AvgIpc) is 3.20. The first-order valence-corrected chi connectivity index (χ1v) is 11.3. The van der Waals surface area contributed by atoms with E-state index in [0.29, 0.717) is 5.56 Å². The van der Waals surface area contributed by atoms with Crippen molar-refractivity contribution >= 4 is 22.4 Å². The number of hydrogen-bond donors (Lipinski definition) is 1. The van der Waals surface area contributed by atoms with E-state index >= 15 is 0 Å². The van der Waals surface area contributed by atoms with Crippen LogP contribution in [0.25, 0.3) is 10.8 Å². The van der Waals surface area contributed by atoms with Crippen LogP contribution in [0.1, 0.15) is 48.2 Å². The Morgan fingerprint density at radius 1 is 1.19 bits per heavy atom. The Bertz CT molecular complexity index is 1220. The van der Waals surface area contributed by atoms with Crippen LogP contribution in [-0.2, 0) is 0 Å². The summed E-state index contributed by atoms with van der Waals surface area (Å²) < 4.78 is 0. The van der Waals surface area contributed by atoms with E-state index in [2.05, 4.69) is 57.5 Å². The second-order valence-electron chi connectivity index (χ2n) is 9.37. The van der Waals surface area contributed by atoms with Crippen LogP contribution < -0.4 is 10.2 Å². The summed E-state index contributed by atoms with van der Waals surface area (Å²) in [4.78, 5) is 9.72. The van der Waals surface area contributed by atoms with Crippen molar-refractivity contribution in [2.45, 2.75) is 45.2 Å². The fourth-order valence-electron chi connectivity index (χ4n) is 5.53. The monoisotopic (exact) mass is 427 g/mol. The second kappa shape index (κ2) is 7.72. The molecule has 1 spiro atoms. The number of benzene rings is 1. The van der Waals surface area contributed by atoms with Gasteiger partial charge in [0.25, 0.3) is 0 Å². The largest absolute Gasteiger partial charge is 0.362 e. The summed E-state index contributed by atoms with van der Waals surface area (Å²) in [6.07, 6.45) is 4.37. The molecule has 0 amide bonds. The van der Waals surface area contributed by atoms with Gasteiger partial charge in [-0.3, -0.25) is 0 Å². The van der Waals surface area contributed by atoms with E-state index in [-0.39, 0.29) is 11.6 Å². The van der Waals surface area contributed by atoms with Gasteiger partial charge in [0.05, 0.1) is 28.9 Å². The number of likely N-dealkylation sites (N-methyl/N-ethyl adjacent to an activating group) is 1. The summed E-state index contributed by atoms with van der Waals surface area (Å²) in [6, 6.07) is 10.3. The van der Waals surface area contributed by atoms with E-state index in [1.807, 2.05) is 32.2 Å². The molecule has 2 aliphatic heterocycles. The minimum atomic E-state index is -0.0152. The summed E-state index contributed by atoms with van der Waals surface area (Å²) in [5.74, 6) is 1.77. The molecule has 2 saturated heterocycles. The average molecular weight is 428 g/mol. The zero-order chi connectivity index (χ0) is 22.5. The molecule has 1 aromatic carbocycles. The van der Waals surface area contributed by atoms with E-state index in [1.54, 1.807) is 0 Å². The van der Waals surface area contributed by atoms with Crippen LogP contribution in [0, 0.1) is 25.2 Å². The van der Waals surface area contributed by atoms with Crippen molar-refractivity contribution in [1.29, 1.82) is 5.26 Å². The van der Waals surface area contributed by atoms with E-state index in [0.717, 1.165) is 58.9 Å². The van der Waals surface area contributed by atoms with Crippen LogP contribution >= 0.6 is 0 Å². The highest BCUT2D eigenvalue weighted by atomic mass is 15.4. The van der Waals surface area contributed by atoms with Crippen molar-refractivity contribution in [3.63, 3.8) is 0 Å². The Morgan fingerprint density at radius 3 is 2.75 bits per heavy atom. The molecule has 0 saturated carbocycles. The van der Waals surface area contributed by atoms with Crippen molar-refractivity contribution in [2.24, 2.45) is 0 Å². The summed E-state index contributed by atoms with van der Waals surface area (Å²) >= 11 is 0. The number of nitrogens with zero attached hydrogens (tertiary/aromatic N) is 6. The number of nitrogens with one attached hydrogen (secondary N) is 1. The van der Waals surface area contributed by atoms with Crippen molar-refractivity contribution in [1.82, 2.24) is 20.1 Å². The molecule has 0 radical (unpaired) electrons. The van der Waals surface area contributed by atoms with Crippen LogP contribution in [0.2, 0.25) is 0 Å². The number of nitriles is 1. The number of likely N-dealkylation sites (tertiary alicyclic amines) is 1. The van der Waals surface area contributed by atoms with Gasteiger partial charge < -0.3 is 15.1 Å². The Morgan fingerprint density at radius 2 is 2.00 bits per heavy atom. The van der Waals surface area contributed by atoms with E-state index in [9.17, 15) is 5.26 Å². The molecule has 0 aliphatic carbocycles. The van der Waals surface area contributed by atoms with Gasteiger partial charge in [0, 0.05) is 36.6 Å². The number of anilines is 2. The van der Waals surface area contributed by atoms with Gasteiger partial charge in [-0.15, -0.1) is 5.10 Å². The standard InChI is InChI=1S/C25H29N7/c1-16-19(12-26)7-5-8-20(16)17(2)28-24-21-11-23(27-13-22(21)18(3)29-30-24)32-10-6-9-25(32)14-31(4)15-25/h5,7-8,11,13,17H,6,9-10,14-15H2,1-4H3,(H,28,30)/t17-/m1/s1. The first-order valence-electron chi connectivity index (χ1n) is 11.3. The van der Waals surface area contributed by atoms with Crippen molar-refractivity contribution < 1.29 is 0 Å². The maximum atomic E-state index is 9.40. The number of pyridine rings is 1. The van der Waals surface area contributed by atoms with E-state index < -0.39 is 0 Å². The fraction of sp³-hybridized carbons (Fsp3) is 0.440. The smallest absolute Gasteiger partial charge is 0.157 e. The normalized spacial score (nSPS) is 18.5. The highest BCUT2D eigenvalue weighted by Crippen LogP contribution is 2.40. The number of fused-ring (bicyclic) bond motifs is 1. The van der Waals surface area contributed by atoms with Gasteiger partial charge in [0.2, 0.25) is 0 Å². The highest BCUT2D eigenvalue weighted by molar-refractivity contribution is 5.94. The third kappa shape index (κ3) is 3.26. The van der Waals surface area contributed by atoms with Crippen LogP contribution in [0.3, 0.4) is 0 Å². The summed E-state index contributed by atoms with van der Waals surface area (Å²) in [5, 5.41) is 23.9. The zero-order valence-electron chi connectivity index (χ0n) is 19.2. The SMILES string of the molecule is Cc1c(C#N)cccc1[C@@H](C)Nc1nnc(C)c2cnc(N3CCCC34CN(C)C4)cc12. The Balaban J connectivity index is 1.52. The number of hydrogen-bond acceptors (Lipinski definition) is 7. The van der Waals surface area contributed by atoms with Gasteiger partial charge in [-0.1, -0.05) is 12.1 Å². The van der Waals surface area contributed by atoms with Crippen molar-refractivity contribution in [3.8, 4) is 6.07 Å². The molecule has 1 atom stereocenters. The van der Waals surface area contributed by atoms with Gasteiger partial charge in [-0.05, 0) is 63.9 Å². The van der Waals surface area contributed by atoms with Crippen molar-refractivity contribution in [3.05, 3.63) is 52.8 Å². The lowest BCUT2D eigenvalue weighted by molar-refractivity contribution is 0.102. The Kier molecular flexibility index (Phi) is 4.98. The van der Waals surface area contributed by atoms with E-state index in [1.165, 1.54) is 12.8 Å². The minimum absolute atomic E-state index is 0.0152. The maximum absolute atomic E-state index is 9.40. The summed E-state index contributed by atoms with van der Waals surface area (Å²) in [6.45, 7) is 9.30. The highest BCUT2D eigenvalue weighted by Gasteiger charge is 2.49. The molecule has 2 aliphatic rings. The third-order valence-electron chi connectivity index (χ3n) is 7.15. The molecule has 2 aromatic heterocycles. The lowest BCUT2D eigenvalue weighted by atomic mass is 9.87. The second-order valence-corrected chi connectivity index (χ2v) is 9.37. The molecule has 7 heteroatoms. The van der Waals surface area contributed by atoms with Crippen molar-refractivity contribution in [2.75, 3.05) is 36.9 Å². The van der Waals surface area contributed by atoms with Crippen LogP contribution in [0.15, 0.2) is 30.5 Å². The lowest BCUT2D eigenvalue weighted by Crippen LogP contribution is -2.66. The molecule has 1 N–H and O–H groups in total. The molecular formula is C25H29N7. The molecule has 0 bridgehead atoms. The van der Waals surface area contributed by atoms with Crippen LogP contribution in [0.5, 0.6) is 0 Å². The fourth-order valence-corrected chi connectivity index (χ4v) is 5.53. The summed E-state index contributed by atoms with van der Waals surface area (Å²) in [5.41, 5.74) is 3.88. The number of aryl methyl sites for hydroxylation is 1. The predicted molar refractivity (Wildman–Crippen MR) is 127 cm³/mol. The molecule has 164 valence electrons. The molecule has 3 aromatic rings. The lowest BCUT2D eigenvalue weighted by Gasteiger charge is -2.52. The molecule has 2 fully saturated rings. The molecule has 32 heavy (non-hydrogen) atoms. The van der Waals surface area contributed by atoms with Gasteiger partial charge in [0.15, 0.2) is 5.82 Å². The quantitative estimate of drug-likeness (QED) is 0.675. The number of rotatable bonds is 4. The Hall–Kier alpha value is -3.24. The maximum Gasteiger partial charge on any atom is 0.157 e. The Labute approximate surface area is 189 Å². The van der Waals surface area contributed by atoms with Crippen LogP contribution in [0.4, 0.5) is 11.6 Å². The number of aromatic nitrogens is 3. The molecule has 0 unspecified atom stereocenters. The van der Waals surface area contributed by atoms with Gasteiger partial charge in [-0.25, -0.2) is 4.98 Å². The topological polar surface area (TPSA) is 81.0 Å². The van der Waals surface area contributed by atoms with Gasteiger partial charge >= 0.3 is 0 Å². The zero-order valence-corrected chi connectivity index (χ0v) is 19.2. The molecular weight excluding hydrogens is 398 g/mol. The molecule has 5 rings (SSSR count). The molecule has 7 nitrogen and oxygen atoms in total. The summed E-state index contributed by atoms with van der Waals surface area (Å²) in [7, 11) is 2.18. The third-order valence-corrected chi connectivity index (χ3v) is 7.15. The predicted octanol–water partition coefficient (Wildman–Crippen LogP) is 3.97. The minimum Gasteiger partial charge on any atom is -0.362 e. The van der Waals surface area contributed by atoms with Gasteiger partial charge in [0.1, 0.15) is 5.82 Å². The van der Waals surface area contributed by atoms with E-state index in [4.69, 9.17) is 4.98 Å². The first-order chi connectivity index (χ1) is 15.4.